The number of carbonyl (C=O) groups is 1. The van der Waals surface area contributed by atoms with Crippen LogP contribution in [0.15, 0.2) is 28.9 Å². The molecule has 1 saturated heterocycles. The van der Waals surface area contributed by atoms with E-state index in [-0.39, 0.29) is 11.7 Å². The standard InChI is InChI=1S/C12H12N2O2/c15-11-3-5-13-7-8(11)9-1-2-12-10(14-9)4-6-16-12/h1-2,4,6,8,13H,3,5,7H2. The molecule has 0 bridgehead atoms. The highest BCUT2D eigenvalue weighted by molar-refractivity contribution is 5.87. The number of furan rings is 1. The first kappa shape index (κ1) is 9.54. The maximum Gasteiger partial charge on any atom is 0.152 e. The molecule has 82 valence electrons. The molecule has 1 atom stereocenters. The van der Waals surface area contributed by atoms with Gasteiger partial charge in [-0.05, 0) is 12.1 Å². The maximum absolute atomic E-state index is 11.8. The van der Waals surface area contributed by atoms with E-state index in [0.29, 0.717) is 13.0 Å². The third-order valence-corrected chi connectivity index (χ3v) is 2.97. The second-order valence-electron chi connectivity index (χ2n) is 4.01. The third-order valence-electron chi connectivity index (χ3n) is 2.97. The van der Waals surface area contributed by atoms with Crippen molar-refractivity contribution in [2.45, 2.75) is 12.3 Å². The fourth-order valence-electron chi connectivity index (χ4n) is 2.08. The monoisotopic (exact) mass is 216 g/mol. The molecule has 0 spiro atoms. The van der Waals surface area contributed by atoms with Crippen LogP contribution >= 0.6 is 0 Å². The molecule has 4 nitrogen and oxygen atoms in total. The molecule has 1 unspecified atom stereocenters. The van der Waals surface area contributed by atoms with Gasteiger partial charge in [-0.1, -0.05) is 0 Å². The molecule has 0 aliphatic carbocycles. The zero-order valence-electron chi connectivity index (χ0n) is 8.77. The Bertz CT molecular complexity index is 533. The summed E-state index contributed by atoms with van der Waals surface area (Å²) in [7, 11) is 0. The number of aromatic nitrogens is 1. The molecule has 1 N–H and O–H groups in total. The van der Waals surface area contributed by atoms with Crippen molar-refractivity contribution in [3.05, 3.63) is 30.2 Å². The average Bonchev–Trinajstić information content (AvgIpc) is 2.76. The first-order valence-electron chi connectivity index (χ1n) is 5.42. The van der Waals surface area contributed by atoms with Crippen molar-refractivity contribution in [1.82, 2.24) is 10.3 Å². The molecule has 0 amide bonds. The van der Waals surface area contributed by atoms with Gasteiger partial charge >= 0.3 is 0 Å². The van der Waals surface area contributed by atoms with E-state index in [1.165, 1.54) is 0 Å². The summed E-state index contributed by atoms with van der Waals surface area (Å²) in [6.45, 7) is 1.47. The molecule has 1 aliphatic heterocycles. The minimum absolute atomic E-state index is 0.104. The van der Waals surface area contributed by atoms with Crippen molar-refractivity contribution >= 4 is 16.9 Å². The number of piperidine rings is 1. The van der Waals surface area contributed by atoms with Gasteiger partial charge in [0.05, 0.1) is 17.9 Å². The summed E-state index contributed by atoms with van der Waals surface area (Å²) in [4.78, 5) is 16.2. The topological polar surface area (TPSA) is 55.1 Å². The number of pyridine rings is 1. The molecule has 2 aromatic heterocycles. The zero-order chi connectivity index (χ0) is 11.0. The number of carbonyl (C=O) groups excluding carboxylic acids is 1. The predicted octanol–water partition coefficient (Wildman–Crippen LogP) is 1.47. The average molecular weight is 216 g/mol. The highest BCUT2D eigenvalue weighted by atomic mass is 16.3. The largest absolute Gasteiger partial charge is 0.463 e. The van der Waals surface area contributed by atoms with Crippen LogP contribution in [0.2, 0.25) is 0 Å². The summed E-state index contributed by atoms with van der Waals surface area (Å²) in [5, 5.41) is 3.22. The number of hydrogen-bond donors (Lipinski definition) is 1. The maximum atomic E-state index is 11.8. The lowest BCUT2D eigenvalue weighted by Gasteiger charge is -2.20. The van der Waals surface area contributed by atoms with Crippen LogP contribution in [-0.2, 0) is 4.79 Å². The normalized spacial score (nSPS) is 21.5. The Hall–Kier alpha value is -1.68. The van der Waals surface area contributed by atoms with E-state index >= 15 is 0 Å². The number of Topliss-reactive ketones (excluding diaryl/α,β-unsaturated/α-hetero) is 1. The van der Waals surface area contributed by atoms with Crippen LogP contribution < -0.4 is 5.32 Å². The number of hydrogen-bond acceptors (Lipinski definition) is 4. The Morgan fingerprint density at radius 1 is 1.38 bits per heavy atom. The van der Waals surface area contributed by atoms with Crippen molar-refractivity contribution in [2.24, 2.45) is 0 Å². The third kappa shape index (κ3) is 1.51. The first-order valence-corrected chi connectivity index (χ1v) is 5.42. The molecule has 2 aromatic rings. The fourth-order valence-corrected chi connectivity index (χ4v) is 2.08. The summed E-state index contributed by atoms with van der Waals surface area (Å²) in [6, 6.07) is 5.57. The molecule has 4 heteroatoms. The Morgan fingerprint density at radius 3 is 3.19 bits per heavy atom. The number of rotatable bonds is 1. The van der Waals surface area contributed by atoms with E-state index < -0.39 is 0 Å². The van der Waals surface area contributed by atoms with Gasteiger partial charge in [0, 0.05) is 25.6 Å². The highest BCUT2D eigenvalue weighted by Gasteiger charge is 2.24. The van der Waals surface area contributed by atoms with E-state index in [1.807, 2.05) is 18.2 Å². The van der Waals surface area contributed by atoms with Gasteiger partial charge in [0.1, 0.15) is 11.3 Å². The number of fused-ring (bicyclic) bond motifs is 1. The van der Waals surface area contributed by atoms with Crippen LogP contribution in [0.5, 0.6) is 0 Å². The second kappa shape index (κ2) is 3.72. The van der Waals surface area contributed by atoms with Crippen LogP contribution in [-0.4, -0.2) is 23.9 Å². The summed E-state index contributed by atoms with van der Waals surface area (Å²) >= 11 is 0. The molecule has 1 aliphatic rings. The molecule has 1 fully saturated rings. The zero-order valence-corrected chi connectivity index (χ0v) is 8.77. The van der Waals surface area contributed by atoms with Gasteiger partial charge in [-0.25, -0.2) is 4.98 Å². The summed E-state index contributed by atoms with van der Waals surface area (Å²) in [6.07, 6.45) is 2.21. The lowest BCUT2D eigenvalue weighted by atomic mass is 9.94. The van der Waals surface area contributed by atoms with Crippen LogP contribution in [0.1, 0.15) is 18.0 Å². The molecule has 16 heavy (non-hydrogen) atoms. The molecule has 0 radical (unpaired) electrons. The van der Waals surface area contributed by atoms with Crippen molar-refractivity contribution in [3.63, 3.8) is 0 Å². The van der Waals surface area contributed by atoms with E-state index in [2.05, 4.69) is 10.3 Å². The Morgan fingerprint density at radius 2 is 2.31 bits per heavy atom. The van der Waals surface area contributed by atoms with Crippen molar-refractivity contribution in [1.29, 1.82) is 0 Å². The number of ketones is 1. The molecule has 3 rings (SSSR count). The van der Waals surface area contributed by atoms with Gasteiger partial charge in [0.25, 0.3) is 0 Å². The Labute approximate surface area is 92.7 Å². The molecular formula is C12H12N2O2. The minimum Gasteiger partial charge on any atom is -0.463 e. The number of nitrogens with one attached hydrogen (secondary N) is 1. The van der Waals surface area contributed by atoms with E-state index in [0.717, 1.165) is 23.3 Å². The summed E-state index contributed by atoms with van der Waals surface area (Å²) in [5.41, 5.74) is 2.42. The number of nitrogens with zero attached hydrogens (tertiary/aromatic N) is 1. The van der Waals surface area contributed by atoms with Gasteiger partial charge in [-0.15, -0.1) is 0 Å². The quantitative estimate of drug-likeness (QED) is 0.784. The predicted molar refractivity (Wildman–Crippen MR) is 59.2 cm³/mol. The fraction of sp³-hybridized carbons (Fsp3) is 0.333. The lowest BCUT2D eigenvalue weighted by molar-refractivity contribution is -0.121. The van der Waals surface area contributed by atoms with E-state index in [1.54, 1.807) is 6.26 Å². The van der Waals surface area contributed by atoms with Gasteiger partial charge in [0.2, 0.25) is 0 Å². The summed E-state index contributed by atoms with van der Waals surface area (Å²) in [5.74, 6) is 0.169. The van der Waals surface area contributed by atoms with Gasteiger partial charge in [0.15, 0.2) is 5.58 Å². The minimum atomic E-state index is -0.104. The van der Waals surface area contributed by atoms with Crippen LogP contribution in [0, 0.1) is 0 Å². The smallest absolute Gasteiger partial charge is 0.152 e. The van der Waals surface area contributed by atoms with Crippen LogP contribution in [0.3, 0.4) is 0 Å². The van der Waals surface area contributed by atoms with E-state index in [4.69, 9.17) is 4.42 Å². The Kier molecular flexibility index (Phi) is 2.22. The van der Waals surface area contributed by atoms with Gasteiger partial charge in [-0.2, -0.15) is 0 Å². The first-order chi connectivity index (χ1) is 7.84. The van der Waals surface area contributed by atoms with Gasteiger partial charge < -0.3 is 9.73 Å². The lowest BCUT2D eigenvalue weighted by Crippen LogP contribution is -2.35. The van der Waals surface area contributed by atoms with Crippen LogP contribution in [0.25, 0.3) is 11.1 Å². The van der Waals surface area contributed by atoms with Gasteiger partial charge in [-0.3, -0.25) is 4.79 Å². The Balaban J connectivity index is 2.00. The van der Waals surface area contributed by atoms with Crippen LogP contribution in [0.4, 0.5) is 0 Å². The molecule has 0 aromatic carbocycles. The van der Waals surface area contributed by atoms with Crippen molar-refractivity contribution in [3.8, 4) is 0 Å². The molecule has 0 saturated carbocycles. The van der Waals surface area contributed by atoms with E-state index in [9.17, 15) is 4.79 Å². The van der Waals surface area contributed by atoms with Crippen molar-refractivity contribution < 1.29 is 9.21 Å². The molecule has 3 heterocycles. The summed E-state index contributed by atoms with van der Waals surface area (Å²) < 4.78 is 5.22. The van der Waals surface area contributed by atoms with Crippen molar-refractivity contribution in [2.75, 3.05) is 13.1 Å². The SMILES string of the molecule is O=C1CCNCC1c1ccc2occc2n1. The highest BCUT2D eigenvalue weighted by Crippen LogP contribution is 2.21. The molecular weight excluding hydrogens is 204 g/mol. The second-order valence-corrected chi connectivity index (χ2v) is 4.01.